The van der Waals surface area contributed by atoms with Gasteiger partial charge >= 0.3 is 0 Å². The van der Waals surface area contributed by atoms with Crippen molar-refractivity contribution in [2.24, 2.45) is 0 Å². The Kier molecular flexibility index (Phi) is 10.1. The zero-order valence-electron chi connectivity index (χ0n) is 20.8. The summed E-state index contributed by atoms with van der Waals surface area (Å²) in [5.74, 6) is 0.274. The highest BCUT2D eigenvalue weighted by Gasteiger charge is 2.11. The van der Waals surface area contributed by atoms with Crippen LogP contribution in [-0.2, 0) is 16.1 Å². The number of morpholine rings is 1. The van der Waals surface area contributed by atoms with Crippen LogP contribution in [0.3, 0.4) is 0 Å². The fraction of sp³-hybridized carbons (Fsp3) is 0.423. The number of nitriles is 1. The normalized spacial score (nSPS) is 13.2. The number of thiazole rings is 1. The van der Waals surface area contributed by atoms with Gasteiger partial charge in [-0.3, -0.25) is 19.1 Å². The van der Waals surface area contributed by atoms with Gasteiger partial charge in [-0.2, -0.15) is 5.26 Å². The average Bonchev–Trinajstić information content (AvgIpc) is 3.18. The molecule has 9 nitrogen and oxygen atoms in total. The van der Waals surface area contributed by atoms with Crippen LogP contribution in [0.25, 0.3) is 11.5 Å². The molecule has 1 aromatic heterocycles. The summed E-state index contributed by atoms with van der Waals surface area (Å²) in [6.45, 7) is 11.2. The number of ether oxygens (including phenoxy) is 2. The molecule has 0 bridgehead atoms. The molecule has 10 heteroatoms. The Morgan fingerprint density at radius 3 is 2.78 bits per heavy atom. The Morgan fingerprint density at radius 2 is 2.08 bits per heavy atom. The van der Waals surface area contributed by atoms with E-state index < -0.39 is 5.91 Å². The van der Waals surface area contributed by atoms with Crippen molar-refractivity contribution in [3.05, 3.63) is 55.1 Å². The standard InChI is InChI=1S/C26H31N5O4S/c1-4-28-25(32)20(18-27)16-24-31(5-2)26(33)23(36-24)8-9-29-21-7-6-19(3)22(17-21)35-15-12-30-10-13-34-14-11-30/h6-7,9,17,29H,4-5,10-15H2,1-3H3,(H,28,32). The molecule has 3 rings (SSSR count). The molecule has 1 aromatic carbocycles. The average molecular weight is 510 g/mol. The highest BCUT2D eigenvalue weighted by Crippen LogP contribution is 2.22. The molecular formula is C26H31N5O4S. The fourth-order valence-corrected chi connectivity index (χ4v) is 4.50. The van der Waals surface area contributed by atoms with Gasteiger partial charge in [0.15, 0.2) is 5.57 Å². The van der Waals surface area contributed by atoms with Crippen molar-refractivity contribution >= 4 is 34.4 Å². The van der Waals surface area contributed by atoms with Gasteiger partial charge in [0.05, 0.1) is 13.2 Å². The Labute approximate surface area is 214 Å². The number of benzene rings is 1. The van der Waals surface area contributed by atoms with Gasteiger partial charge < -0.3 is 20.1 Å². The van der Waals surface area contributed by atoms with Crippen LogP contribution in [0.2, 0.25) is 0 Å². The third kappa shape index (κ3) is 7.22. The molecule has 1 aliphatic rings. The molecule has 1 fully saturated rings. The second kappa shape index (κ2) is 13.5. The van der Waals surface area contributed by atoms with Gasteiger partial charge in [0.1, 0.15) is 27.6 Å². The number of aromatic nitrogens is 1. The maximum absolute atomic E-state index is 12.8. The van der Waals surface area contributed by atoms with Crippen LogP contribution >= 0.6 is 11.3 Å². The molecule has 36 heavy (non-hydrogen) atoms. The summed E-state index contributed by atoms with van der Waals surface area (Å²) in [5, 5.41) is 15.0. The zero-order chi connectivity index (χ0) is 25.9. The Balaban J connectivity index is 1.81. The highest BCUT2D eigenvalue weighted by atomic mass is 32.1. The van der Waals surface area contributed by atoms with Crippen molar-refractivity contribution in [1.82, 2.24) is 14.8 Å². The molecule has 0 radical (unpaired) electrons. The number of nitrogens with zero attached hydrogens (tertiary/aromatic N) is 3. The summed E-state index contributed by atoms with van der Waals surface area (Å²) in [7, 11) is 0. The number of carbonyl (C=O) groups is 1. The number of rotatable bonds is 9. The van der Waals surface area contributed by atoms with E-state index in [1.807, 2.05) is 38.1 Å². The van der Waals surface area contributed by atoms with E-state index in [1.54, 1.807) is 13.1 Å². The van der Waals surface area contributed by atoms with Crippen molar-refractivity contribution in [2.75, 3.05) is 51.3 Å². The first-order valence-electron chi connectivity index (χ1n) is 11.9. The van der Waals surface area contributed by atoms with Crippen LogP contribution in [0.5, 0.6) is 5.75 Å². The number of aryl methyl sites for hydroxylation is 1. The second-order valence-electron chi connectivity index (χ2n) is 7.97. The largest absolute Gasteiger partial charge is 0.492 e. The first-order valence-corrected chi connectivity index (χ1v) is 12.7. The topological polar surface area (TPSA) is 109 Å². The molecule has 0 unspecified atom stereocenters. The third-order valence-electron chi connectivity index (χ3n) is 5.51. The smallest absolute Gasteiger partial charge is 0.277 e. The predicted molar refractivity (Wildman–Crippen MR) is 140 cm³/mol. The monoisotopic (exact) mass is 509 g/mol. The Bertz CT molecular complexity index is 1370. The van der Waals surface area contributed by atoms with E-state index in [2.05, 4.69) is 27.0 Å². The lowest BCUT2D eigenvalue weighted by Gasteiger charge is -2.26. The minimum absolute atomic E-state index is 0.172. The molecule has 2 aromatic rings. The summed E-state index contributed by atoms with van der Waals surface area (Å²) >= 11 is 1.12. The minimum atomic E-state index is -0.520. The van der Waals surface area contributed by atoms with Gasteiger partial charge in [0, 0.05) is 50.7 Å². The molecule has 0 aliphatic carbocycles. The molecule has 190 valence electrons. The van der Waals surface area contributed by atoms with E-state index in [0.717, 1.165) is 61.2 Å². The van der Waals surface area contributed by atoms with Gasteiger partial charge in [-0.25, -0.2) is 0 Å². The maximum atomic E-state index is 12.8. The molecule has 0 saturated carbocycles. The summed E-state index contributed by atoms with van der Waals surface area (Å²) in [6, 6.07) is 7.66. The van der Waals surface area contributed by atoms with Gasteiger partial charge in [-0.05, 0) is 32.4 Å². The van der Waals surface area contributed by atoms with Crippen molar-refractivity contribution in [3.63, 3.8) is 0 Å². The van der Waals surface area contributed by atoms with Gasteiger partial charge in [-0.1, -0.05) is 28.9 Å². The molecule has 2 heterocycles. The molecule has 1 aliphatic heterocycles. The molecule has 2 N–H and O–H groups in total. The maximum Gasteiger partial charge on any atom is 0.277 e. The molecular weight excluding hydrogens is 478 g/mol. The minimum Gasteiger partial charge on any atom is -0.492 e. The number of nitrogens with one attached hydrogen (secondary N) is 2. The van der Waals surface area contributed by atoms with Crippen molar-refractivity contribution in [1.29, 1.82) is 5.26 Å². The van der Waals surface area contributed by atoms with E-state index in [4.69, 9.17) is 9.47 Å². The van der Waals surface area contributed by atoms with Crippen LogP contribution in [0, 0.1) is 18.3 Å². The predicted octanol–water partition coefficient (Wildman–Crippen LogP) is 0.920. The Hall–Kier alpha value is -3.57. The van der Waals surface area contributed by atoms with Crippen molar-refractivity contribution in [2.45, 2.75) is 27.3 Å². The zero-order valence-corrected chi connectivity index (χ0v) is 21.7. The summed E-state index contributed by atoms with van der Waals surface area (Å²) in [5.41, 5.74) is 7.17. The summed E-state index contributed by atoms with van der Waals surface area (Å²) < 4.78 is 13.6. The van der Waals surface area contributed by atoms with E-state index in [1.165, 1.54) is 4.57 Å². The molecule has 0 spiro atoms. The van der Waals surface area contributed by atoms with E-state index in [0.29, 0.717) is 28.9 Å². The lowest BCUT2D eigenvalue weighted by molar-refractivity contribution is -0.116. The van der Waals surface area contributed by atoms with Gasteiger partial charge in [0.25, 0.3) is 11.5 Å². The van der Waals surface area contributed by atoms with Crippen LogP contribution in [0.15, 0.2) is 34.8 Å². The molecule has 1 amide bonds. The highest BCUT2D eigenvalue weighted by molar-refractivity contribution is 7.07. The number of anilines is 1. The quantitative estimate of drug-likeness (QED) is 0.382. The second-order valence-corrected chi connectivity index (χ2v) is 8.97. The number of hydrogen-bond acceptors (Lipinski definition) is 8. The van der Waals surface area contributed by atoms with E-state index >= 15 is 0 Å². The van der Waals surface area contributed by atoms with E-state index in [9.17, 15) is 14.9 Å². The van der Waals surface area contributed by atoms with E-state index in [-0.39, 0.29) is 11.1 Å². The van der Waals surface area contributed by atoms with Crippen LogP contribution in [0.4, 0.5) is 5.69 Å². The lowest BCUT2D eigenvalue weighted by atomic mass is 10.2. The fourth-order valence-electron chi connectivity index (χ4n) is 3.51. The van der Waals surface area contributed by atoms with Gasteiger partial charge in [0.2, 0.25) is 0 Å². The number of amides is 1. The Morgan fingerprint density at radius 1 is 1.31 bits per heavy atom. The third-order valence-corrected chi connectivity index (χ3v) is 6.52. The SMILES string of the molecule is CCNC(=O)C(=C=c1sc(=C=CNc2ccc(C)c(OCCN3CCOCC3)c2)c(=O)n1CC)C#N. The first kappa shape index (κ1) is 27.0. The van der Waals surface area contributed by atoms with Gasteiger partial charge in [-0.15, -0.1) is 0 Å². The van der Waals surface area contributed by atoms with Crippen LogP contribution in [0.1, 0.15) is 19.4 Å². The molecule has 0 atom stereocenters. The first-order chi connectivity index (χ1) is 17.5. The van der Waals surface area contributed by atoms with Crippen molar-refractivity contribution in [3.8, 4) is 11.8 Å². The number of carbonyl (C=O) groups excluding carboxylic acids is 1. The summed E-state index contributed by atoms with van der Waals surface area (Å²) in [4.78, 5) is 27.1. The number of likely N-dealkylation sites (N-methyl/N-ethyl adjacent to an activating group) is 1. The van der Waals surface area contributed by atoms with Crippen molar-refractivity contribution < 1.29 is 14.3 Å². The molecule has 1 saturated heterocycles. The lowest BCUT2D eigenvalue weighted by Crippen LogP contribution is -2.38. The number of hydrogen-bond donors (Lipinski definition) is 2. The van der Waals surface area contributed by atoms with Crippen LogP contribution < -0.4 is 30.1 Å². The summed E-state index contributed by atoms with van der Waals surface area (Å²) in [6.07, 6.45) is 1.57. The van der Waals surface area contributed by atoms with Crippen LogP contribution in [-0.4, -0.2) is 61.4 Å².